The fourth-order valence-corrected chi connectivity index (χ4v) is 0.928. The van der Waals surface area contributed by atoms with Gasteiger partial charge in [0.2, 0.25) is 0 Å². The zero-order valence-corrected chi connectivity index (χ0v) is 9.64. The number of esters is 1. The summed E-state index contributed by atoms with van der Waals surface area (Å²) in [4.78, 5) is 11.5. The quantitative estimate of drug-likeness (QED) is 0.507. The standard InChI is InChI=1S/C11H23NO2/c1-4-11(2,3)10(13)14-9-7-5-6-8-12/h4-9,12H2,1-3H3. The zero-order chi connectivity index (χ0) is 11.0. The minimum absolute atomic E-state index is 0.0900. The summed E-state index contributed by atoms with van der Waals surface area (Å²) in [6.45, 7) is 7.07. The normalized spacial score (nSPS) is 11.4. The van der Waals surface area contributed by atoms with Crippen LogP contribution in [0.15, 0.2) is 0 Å². The van der Waals surface area contributed by atoms with Gasteiger partial charge in [0.15, 0.2) is 0 Å². The summed E-state index contributed by atoms with van der Waals surface area (Å²) in [5.74, 6) is -0.0900. The highest BCUT2D eigenvalue weighted by Crippen LogP contribution is 2.21. The van der Waals surface area contributed by atoms with Crippen LogP contribution in [0.25, 0.3) is 0 Å². The van der Waals surface area contributed by atoms with Crippen molar-refractivity contribution in [1.29, 1.82) is 0 Å². The van der Waals surface area contributed by atoms with Crippen molar-refractivity contribution < 1.29 is 9.53 Å². The minimum atomic E-state index is -0.339. The lowest BCUT2D eigenvalue weighted by molar-refractivity contribution is -0.154. The molecule has 0 radical (unpaired) electrons. The molecule has 14 heavy (non-hydrogen) atoms. The Morgan fingerprint density at radius 3 is 2.43 bits per heavy atom. The third-order valence-electron chi connectivity index (χ3n) is 2.52. The van der Waals surface area contributed by atoms with Gasteiger partial charge in [-0.1, -0.05) is 6.92 Å². The summed E-state index contributed by atoms with van der Waals surface area (Å²) in [7, 11) is 0. The summed E-state index contributed by atoms with van der Waals surface area (Å²) < 4.78 is 5.16. The first-order valence-electron chi connectivity index (χ1n) is 5.42. The van der Waals surface area contributed by atoms with Crippen LogP contribution in [0.5, 0.6) is 0 Å². The molecule has 0 heterocycles. The maximum atomic E-state index is 11.5. The molecule has 84 valence electrons. The van der Waals surface area contributed by atoms with Crippen LogP contribution in [-0.4, -0.2) is 19.1 Å². The molecule has 0 saturated carbocycles. The molecule has 0 aliphatic rings. The number of carbonyl (C=O) groups excluding carboxylic acids is 1. The SMILES string of the molecule is CCC(C)(C)C(=O)OCCCCCN. The Morgan fingerprint density at radius 1 is 1.29 bits per heavy atom. The van der Waals surface area contributed by atoms with E-state index in [2.05, 4.69) is 0 Å². The van der Waals surface area contributed by atoms with E-state index in [1.807, 2.05) is 20.8 Å². The summed E-state index contributed by atoms with van der Waals surface area (Å²) >= 11 is 0. The molecule has 0 aromatic carbocycles. The van der Waals surface area contributed by atoms with Gasteiger partial charge in [0, 0.05) is 0 Å². The molecule has 2 N–H and O–H groups in total. The molecule has 0 aliphatic carbocycles. The summed E-state index contributed by atoms with van der Waals surface area (Å²) in [5.41, 5.74) is 5.01. The largest absolute Gasteiger partial charge is 0.465 e. The predicted octanol–water partition coefficient (Wildman–Crippen LogP) is 2.09. The molecule has 0 aliphatic heterocycles. The van der Waals surface area contributed by atoms with Gasteiger partial charge >= 0.3 is 5.97 Å². The average Bonchev–Trinajstić information content (AvgIpc) is 2.17. The van der Waals surface area contributed by atoms with Crippen LogP contribution < -0.4 is 5.73 Å². The van der Waals surface area contributed by atoms with Crippen molar-refractivity contribution in [2.45, 2.75) is 46.5 Å². The Labute approximate surface area is 87.0 Å². The Kier molecular flexibility index (Phi) is 6.54. The van der Waals surface area contributed by atoms with Crippen molar-refractivity contribution in [2.24, 2.45) is 11.1 Å². The molecule has 0 rings (SSSR count). The number of nitrogens with two attached hydrogens (primary N) is 1. The Bertz CT molecular complexity index is 167. The highest BCUT2D eigenvalue weighted by atomic mass is 16.5. The van der Waals surface area contributed by atoms with Crippen LogP contribution in [0, 0.1) is 5.41 Å². The zero-order valence-electron chi connectivity index (χ0n) is 9.64. The van der Waals surface area contributed by atoms with E-state index in [0.29, 0.717) is 13.2 Å². The van der Waals surface area contributed by atoms with E-state index in [4.69, 9.17) is 10.5 Å². The second-order valence-electron chi connectivity index (χ2n) is 4.22. The topological polar surface area (TPSA) is 52.3 Å². The number of carbonyl (C=O) groups is 1. The average molecular weight is 201 g/mol. The van der Waals surface area contributed by atoms with E-state index in [-0.39, 0.29) is 11.4 Å². The lowest BCUT2D eigenvalue weighted by Gasteiger charge is -2.20. The molecule has 0 aromatic rings. The lowest BCUT2D eigenvalue weighted by atomic mass is 9.91. The fourth-order valence-electron chi connectivity index (χ4n) is 0.928. The van der Waals surface area contributed by atoms with E-state index < -0.39 is 0 Å². The molecular formula is C11H23NO2. The molecule has 0 spiro atoms. The van der Waals surface area contributed by atoms with Gasteiger partial charge in [0.25, 0.3) is 0 Å². The first kappa shape index (κ1) is 13.4. The van der Waals surface area contributed by atoms with Crippen LogP contribution >= 0.6 is 0 Å². The van der Waals surface area contributed by atoms with Crippen LogP contribution in [0.2, 0.25) is 0 Å². The maximum Gasteiger partial charge on any atom is 0.311 e. The van der Waals surface area contributed by atoms with Gasteiger partial charge in [-0.3, -0.25) is 4.79 Å². The summed E-state index contributed by atoms with van der Waals surface area (Å²) in [5, 5.41) is 0. The van der Waals surface area contributed by atoms with Gasteiger partial charge in [-0.2, -0.15) is 0 Å². The molecule has 0 saturated heterocycles. The molecule has 0 aromatic heterocycles. The fraction of sp³-hybridized carbons (Fsp3) is 0.909. The van der Waals surface area contributed by atoms with Gasteiger partial charge in [0.1, 0.15) is 0 Å². The van der Waals surface area contributed by atoms with E-state index in [0.717, 1.165) is 25.7 Å². The molecular weight excluding hydrogens is 178 g/mol. The van der Waals surface area contributed by atoms with Gasteiger partial charge in [0.05, 0.1) is 12.0 Å². The highest BCUT2D eigenvalue weighted by molar-refractivity contribution is 5.75. The van der Waals surface area contributed by atoms with Crippen molar-refractivity contribution in [3.05, 3.63) is 0 Å². The molecule has 0 atom stereocenters. The summed E-state index contributed by atoms with van der Waals surface area (Å²) in [6, 6.07) is 0. The number of hydrogen-bond acceptors (Lipinski definition) is 3. The van der Waals surface area contributed by atoms with Crippen molar-refractivity contribution in [2.75, 3.05) is 13.2 Å². The third kappa shape index (κ3) is 5.22. The molecule has 3 nitrogen and oxygen atoms in total. The third-order valence-corrected chi connectivity index (χ3v) is 2.52. The van der Waals surface area contributed by atoms with E-state index in [1.165, 1.54) is 0 Å². The maximum absolute atomic E-state index is 11.5. The second kappa shape index (κ2) is 6.82. The number of ether oxygens (including phenoxy) is 1. The second-order valence-corrected chi connectivity index (χ2v) is 4.22. The van der Waals surface area contributed by atoms with Gasteiger partial charge < -0.3 is 10.5 Å². The summed E-state index contributed by atoms with van der Waals surface area (Å²) in [6.07, 6.45) is 3.78. The highest BCUT2D eigenvalue weighted by Gasteiger charge is 2.26. The Hall–Kier alpha value is -0.570. The van der Waals surface area contributed by atoms with Crippen LogP contribution in [-0.2, 0) is 9.53 Å². The predicted molar refractivity (Wildman–Crippen MR) is 57.9 cm³/mol. The molecule has 0 bridgehead atoms. The van der Waals surface area contributed by atoms with Crippen LogP contribution in [0.4, 0.5) is 0 Å². The van der Waals surface area contributed by atoms with E-state index in [1.54, 1.807) is 0 Å². The van der Waals surface area contributed by atoms with Crippen molar-refractivity contribution >= 4 is 5.97 Å². The van der Waals surface area contributed by atoms with Crippen LogP contribution in [0.3, 0.4) is 0 Å². The number of unbranched alkanes of at least 4 members (excludes halogenated alkanes) is 2. The van der Waals surface area contributed by atoms with Crippen molar-refractivity contribution in [3.63, 3.8) is 0 Å². The molecule has 0 fully saturated rings. The molecule has 3 heteroatoms. The number of hydrogen-bond donors (Lipinski definition) is 1. The Morgan fingerprint density at radius 2 is 1.93 bits per heavy atom. The molecule has 0 unspecified atom stereocenters. The Balaban J connectivity index is 3.54. The monoisotopic (exact) mass is 201 g/mol. The van der Waals surface area contributed by atoms with Gasteiger partial charge in [-0.15, -0.1) is 0 Å². The number of rotatable bonds is 7. The van der Waals surface area contributed by atoms with Gasteiger partial charge in [-0.05, 0) is 46.1 Å². The van der Waals surface area contributed by atoms with Gasteiger partial charge in [-0.25, -0.2) is 0 Å². The first-order valence-corrected chi connectivity index (χ1v) is 5.42. The first-order chi connectivity index (χ1) is 6.54. The van der Waals surface area contributed by atoms with Crippen LogP contribution in [0.1, 0.15) is 46.5 Å². The smallest absolute Gasteiger partial charge is 0.311 e. The van der Waals surface area contributed by atoms with Crippen molar-refractivity contribution in [3.8, 4) is 0 Å². The van der Waals surface area contributed by atoms with E-state index >= 15 is 0 Å². The minimum Gasteiger partial charge on any atom is -0.465 e. The molecule has 0 amide bonds. The lowest BCUT2D eigenvalue weighted by Crippen LogP contribution is -2.26. The van der Waals surface area contributed by atoms with E-state index in [9.17, 15) is 4.79 Å². The van der Waals surface area contributed by atoms with Crippen molar-refractivity contribution in [1.82, 2.24) is 0 Å².